The molecule has 106 valence electrons. The van der Waals surface area contributed by atoms with Crippen LogP contribution in [0.4, 0.5) is 5.69 Å². The molecule has 1 unspecified atom stereocenters. The number of carbonyl (C=O) groups excluding carboxylic acids is 2. The van der Waals surface area contributed by atoms with Crippen LogP contribution in [0.5, 0.6) is 0 Å². The molecule has 20 heavy (non-hydrogen) atoms. The Labute approximate surface area is 116 Å². The molecule has 0 spiro atoms. The lowest BCUT2D eigenvalue weighted by Gasteiger charge is -2.26. The smallest absolute Gasteiger partial charge is 0.354 e. The van der Waals surface area contributed by atoms with Crippen LogP contribution in [0.15, 0.2) is 18.3 Å². The minimum Gasteiger partial charge on any atom is -0.477 e. The number of pyridine rings is 1. The molecule has 1 aliphatic heterocycles. The van der Waals surface area contributed by atoms with Crippen LogP contribution >= 0.6 is 0 Å². The van der Waals surface area contributed by atoms with E-state index in [1.54, 1.807) is 6.92 Å². The summed E-state index contributed by atoms with van der Waals surface area (Å²) in [4.78, 5) is 40.3. The van der Waals surface area contributed by atoms with Crippen molar-refractivity contribution >= 4 is 23.5 Å². The summed E-state index contributed by atoms with van der Waals surface area (Å²) in [7, 11) is 0. The summed E-state index contributed by atoms with van der Waals surface area (Å²) in [6.45, 7) is 5.55. The van der Waals surface area contributed by atoms with Gasteiger partial charge in [0, 0.05) is 12.6 Å². The largest absolute Gasteiger partial charge is 0.477 e. The van der Waals surface area contributed by atoms with Crippen molar-refractivity contribution < 1.29 is 19.5 Å². The van der Waals surface area contributed by atoms with Crippen LogP contribution in [-0.4, -0.2) is 27.9 Å². The molecular formula is C14H16N2O4. The Morgan fingerprint density at radius 3 is 2.60 bits per heavy atom. The van der Waals surface area contributed by atoms with E-state index in [0.29, 0.717) is 0 Å². The van der Waals surface area contributed by atoms with Crippen molar-refractivity contribution in [3.8, 4) is 0 Å². The van der Waals surface area contributed by atoms with Gasteiger partial charge >= 0.3 is 5.97 Å². The van der Waals surface area contributed by atoms with Crippen LogP contribution in [0.25, 0.3) is 0 Å². The topological polar surface area (TPSA) is 87.6 Å². The Morgan fingerprint density at radius 2 is 2.10 bits per heavy atom. The minimum atomic E-state index is -1.20. The number of hydrogen-bond donors (Lipinski definition) is 1. The number of anilines is 1. The van der Waals surface area contributed by atoms with Gasteiger partial charge in [-0.15, -0.1) is 0 Å². The van der Waals surface area contributed by atoms with Crippen molar-refractivity contribution in [2.75, 3.05) is 4.90 Å². The van der Waals surface area contributed by atoms with Gasteiger partial charge in [-0.25, -0.2) is 14.7 Å². The first kappa shape index (κ1) is 14.2. The van der Waals surface area contributed by atoms with Crippen molar-refractivity contribution in [2.45, 2.75) is 27.2 Å². The molecule has 2 amide bonds. The fraction of sp³-hybridized carbons (Fsp3) is 0.429. The number of imide groups is 1. The molecule has 1 N–H and O–H groups in total. The highest BCUT2D eigenvalue weighted by Crippen LogP contribution is 2.41. The number of aromatic nitrogens is 1. The lowest BCUT2D eigenvalue weighted by molar-refractivity contribution is -0.126. The van der Waals surface area contributed by atoms with Gasteiger partial charge in [-0.05, 0) is 25.0 Å². The molecule has 2 rings (SSSR count). The average Bonchev–Trinajstić information content (AvgIpc) is 2.61. The molecule has 1 saturated heterocycles. The first-order chi connectivity index (χ1) is 9.27. The summed E-state index contributed by atoms with van der Waals surface area (Å²) in [5, 5.41) is 8.92. The second kappa shape index (κ2) is 4.70. The molecular weight excluding hydrogens is 260 g/mol. The van der Waals surface area contributed by atoms with E-state index < -0.39 is 11.4 Å². The fourth-order valence-corrected chi connectivity index (χ4v) is 2.23. The standard InChI is InChI=1S/C14H16N2O4/c1-8(2)14(3)7-11(17)16(13(14)20)9-4-5-15-10(6-9)12(18)19/h4-6,8H,7H2,1-3H3,(H,18,19). The molecule has 1 aromatic heterocycles. The van der Waals surface area contributed by atoms with E-state index in [2.05, 4.69) is 4.98 Å². The number of carboxylic acid groups (broad SMARTS) is 1. The zero-order valence-electron chi connectivity index (χ0n) is 11.6. The van der Waals surface area contributed by atoms with Crippen molar-refractivity contribution in [3.63, 3.8) is 0 Å². The van der Waals surface area contributed by atoms with Gasteiger partial charge in [-0.2, -0.15) is 0 Å². The lowest BCUT2D eigenvalue weighted by Crippen LogP contribution is -2.37. The van der Waals surface area contributed by atoms with Gasteiger partial charge < -0.3 is 5.11 Å². The number of carboxylic acids is 1. The molecule has 0 aliphatic carbocycles. The molecule has 0 bridgehead atoms. The summed E-state index contributed by atoms with van der Waals surface area (Å²) in [5.74, 6) is -1.78. The van der Waals surface area contributed by atoms with Gasteiger partial charge in [-0.1, -0.05) is 13.8 Å². The first-order valence-corrected chi connectivity index (χ1v) is 6.34. The lowest BCUT2D eigenvalue weighted by atomic mass is 9.78. The van der Waals surface area contributed by atoms with Crippen LogP contribution in [0, 0.1) is 11.3 Å². The molecule has 1 atom stereocenters. The molecule has 0 aromatic carbocycles. The molecule has 0 radical (unpaired) electrons. The molecule has 6 nitrogen and oxygen atoms in total. The Balaban J connectivity index is 2.43. The molecule has 1 aliphatic rings. The monoisotopic (exact) mass is 276 g/mol. The Bertz CT molecular complexity index is 597. The Hall–Kier alpha value is -2.24. The summed E-state index contributed by atoms with van der Waals surface area (Å²) in [6.07, 6.45) is 1.42. The SMILES string of the molecule is CC(C)C1(C)CC(=O)N(c2ccnc(C(=O)O)c2)C1=O. The Morgan fingerprint density at radius 1 is 1.45 bits per heavy atom. The summed E-state index contributed by atoms with van der Waals surface area (Å²) in [5.41, 5.74) is -0.679. The van der Waals surface area contributed by atoms with Gasteiger partial charge in [-0.3, -0.25) is 9.59 Å². The van der Waals surface area contributed by atoms with E-state index in [9.17, 15) is 14.4 Å². The van der Waals surface area contributed by atoms with Gasteiger partial charge in [0.15, 0.2) is 0 Å². The third-order valence-corrected chi connectivity index (χ3v) is 3.95. The second-order valence-corrected chi connectivity index (χ2v) is 5.49. The van der Waals surface area contributed by atoms with Crippen molar-refractivity contribution in [2.24, 2.45) is 11.3 Å². The third kappa shape index (κ3) is 2.07. The van der Waals surface area contributed by atoms with E-state index in [-0.39, 0.29) is 35.5 Å². The maximum atomic E-state index is 12.5. The van der Waals surface area contributed by atoms with Crippen molar-refractivity contribution in [1.29, 1.82) is 0 Å². The highest BCUT2D eigenvalue weighted by molar-refractivity contribution is 6.22. The fourth-order valence-electron chi connectivity index (χ4n) is 2.23. The van der Waals surface area contributed by atoms with E-state index in [4.69, 9.17) is 5.11 Å². The van der Waals surface area contributed by atoms with Crippen molar-refractivity contribution in [1.82, 2.24) is 4.98 Å². The van der Waals surface area contributed by atoms with Crippen LogP contribution in [-0.2, 0) is 9.59 Å². The Kier molecular flexibility index (Phi) is 3.33. The second-order valence-electron chi connectivity index (χ2n) is 5.49. The predicted octanol–water partition coefficient (Wildman–Crippen LogP) is 1.71. The average molecular weight is 276 g/mol. The van der Waals surface area contributed by atoms with Crippen molar-refractivity contribution in [3.05, 3.63) is 24.0 Å². The van der Waals surface area contributed by atoms with E-state index in [1.807, 2.05) is 13.8 Å². The molecule has 1 fully saturated rings. The quantitative estimate of drug-likeness (QED) is 0.849. The maximum Gasteiger partial charge on any atom is 0.354 e. The number of aromatic carboxylic acids is 1. The maximum absolute atomic E-state index is 12.5. The third-order valence-electron chi connectivity index (χ3n) is 3.95. The number of amides is 2. The number of nitrogens with zero attached hydrogens (tertiary/aromatic N) is 2. The predicted molar refractivity (Wildman–Crippen MR) is 71.3 cm³/mol. The van der Waals surface area contributed by atoms with E-state index >= 15 is 0 Å². The van der Waals surface area contributed by atoms with Gasteiger partial charge in [0.2, 0.25) is 11.8 Å². The minimum absolute atomic E-state index is 0.0183. The molecule has 2 heterocycles. The van der Waals surface area contributed by atoms with E-state index in [1.165, 1.54) is 18.3 Å². The molecule has 6 heteroatoms. The van der Waals surface area contributed by atoms with Crippen LogP contribution in [0.2, 0.25) is 0 Å². The number of rotatable bonds is 3. The highest BCUT2D eigenvalue weighted by Gasteiger charge is 2.50. The van der Waals surface area contributed by atoms with Crippen LogP contribution in [0.3, 0.4) is 0 Å². The normalized spacial score (nSPS) is 22.7. The van der Waals surface area contributed by atoms with Gasteiger partial charge in [0.25, 0.3) is 0 Å². The van der Waals surface area contributed by atoms with E-state index in [0.717, 1.165) is 4.90 Å². The first-order valence-electron chi connectivity index (χ1n) is 6.34. The number of carbonyl (C=O) groups is 3. The van der Waals surface area contributed by atoms with Crippen LogP contribution < -0.4 is 4.90 Å². The zero-order valence-corrected chi connectivity index (χ0v) is 11.6. The number of hydrogen-bond acceptors (Lipinski definition) is 4. The van der Waals surface area contributed by atoms with Crippen LogP contribution in [0.1, 0.15) is 37.7 Å². The summed E-state index contributed by atoms with van der Waals surface area (Å²) >= 11 is 0. The van der Waals surface area contributed by atoms with Gasteiger partial charge in [0.05, 0.1) is 11.1 Å². The van der Waals surface area contributed by atoms with Gasteiger partial charge in [0.1, 0.15) is 5.69 Å². The summed E-state index contributed by atoms with van der Waals surface area (Å²) in [6, 6.07) is 2.71. The molecule has 0 saturated carbocycles. The zero-order chi connectivity index (χ0) is 15.1. The summed E-state index contributed by atoms with van der Waals surface area (Å²) < 4.78 is 0. The highest BCUT2D eigenvalue weighted by atomic mass is 16.4. The molecule has 1 aromatic rings.